The van der Waals surface area contributed by atoms with E-state index in [0.717, 1.165) is 60.0 Å². The van der Waals surface area contributed by atoms with E-state index in [0.29, 0.717) is 0 Å². The molecule has 0 amide bonds. The van der Waals surface area contributed by atoms with Gasteiger partial charge in [0.05, 0.1) is 33.1 Å². The van der Waals surface area contributed by atoms with Crippen molar-refractivity contribution in [1.82, 2.24) is 29.9 Å². The molecule has 0 spiro atoms. The van der Waals surface area contributed by atoms with Gasteiger partial charge in [-0.2, -0.15) is 0 Å². The number of aryl methyl sites for hydroxylation is 5. The second-order valence-corrected chi connectivity index (χ2v) is 19.8. The highest BCUT2D eigenvalue weighted by atomic mass is 14.7. The van der Waals surface area contributed by atoms with Crippen LogP contribution in [-0.2, 0) is 0 Å². The van der Waals surface area contributed by atoms with E-state index in [1.54, 1.807) is 0 Å². The Labute approximate surface area is 448 Å². The van der Waals surface area contributed by atoms with Gasteiger partial charge in [-0.25, -0.2) is 0 Å². The third-order valence-electron chi connectivity index (χ3n) is 14.5. The predicted octanol–water partition coefficient (Wildman–Crippen LogP) is 18.2. The van der Waals surface area contributed by atoms with Crippen LogP contribution in [0.3, 0.4) is 0 Å². The minimum atomic E-state index is 0.949. The van der Waals surface area contributed by atoms with Gasteiger partial charge in [-0.1, -0.05) is 186 Å². The van der Waals surface area contributed by atoms with Gasteiger partial charge >= 0.3 is 0 Å². The van der Waals surface area contributed by atoms with Crippen LogP contribution in [0.1, 0.15) is 27.8 Å². The van der Waals surface area contributed by atoms with E-state index in [2.05, 4.69) is 233 Å². The van der Waals surface area contributed by atoms with Crippen LogP contribution in [0, 0.1) is 34.6 Å². The van der Waals surface area contributed by atoms with Crippen LogP contribution in [0.25, 0.3) is 121 Å². The first-order chi connectivity index (χ1) is 37.8. The Bertz CT molecular complexity index is 4280. The van der Waals surface area contributed by atoms with Gasteiger partial charge in [0, 0.05) is 69.5 Å². The normalized spacial score (nSPS) is 11.2. The summed E-state index contributed by atoms with van der Waals surface area (Å²) in [4.78, 5) is 27.9. The van der Waals surface area contributed by atoms with Crippen molar-refractivity contribution in [3.8, 4) is 55.6 Å². The lowest BCUT2D eigenvalue weighted by atomic mass is 9.95. The van der Waals surface area contributed by atoms with Crippen molar-refractivity contribution in [1.29, 1.82) is 0 Å². The average molecular weight is 991 g/mol. The summed E-state index contributed by atoms with van der Waals surface area (Å²) >= 11 is 0. The zero-order chi connectivity index (χ0) is 52.4. The van der Waals surface area contributed by atoms with Crippen molar-refractivity contribution in [2.24, 2.45) is 0 Å². The molecule has 0 aliphatic heterocycles. The van der Waals surface area contributed by atoms with Gasteiger partial charge in [0.1, 0.15) is 0 Å². The molecule has 14 aromatic rings. The molecule has 0 bridgehead atoms. The van der Waals surface area contributed by atoms with Gasteiger partial charge in [-0.15, -0.1) is 0 Å². The molecule has 0 aliphatic rings. The van der Waals surface area contributed by atoms with Crippen molar-refractivity contribution < 1.29 is 0 Å². The first-order valence-corrected chi connectivity index (χ1v) is 26.1. The molecule has 0 atom stereocenters. The Morgan fingerprint density at radius 1 is 0.208 bits per heavy atom. The summed E-state index contributed by atoms with van der Waals surface area (Å²) in [6, 6.07) is 70.4. The van der Waals surface area contributed by atoms with Gasteiger partial charge in [-0.3, -0.25) is 29.9 Å². The quantitative estimate of drug-likeness (QED) is 0.160. The zero-order valence-corrected chi connectivity index (χ0v) is 43.7. The Balaban J connectivity index is 0.000000117. The molecule has 0 N–H and O–H groups in total. The smallest absolute Gasteiger partial charge is 0.0970 e. The van der Waals surface area contributed by atoms with Crippen LogP contribution in [0.4, 0.5) is 0 Å². The van der Waals surface area contributed by atoms with Gasteiger partial charge in [0.15, 0.2) is 0 Å². The summed E-state index contributed by atoms with van der Waals surface area (Å²) < 4.78 is 0. The summed E-state index contributed by atoms with van der Waals surface area (Å²) in [5.74, 6) is 0. The van der Waals surface area contributed by atoms with E-state index in [4.69, 9.17) is 19.9 Å². The molecule has 0 fully saturated rings. The second-order valence-electron chi connectivity index (χ2n) is 19.8. The summed E-state index contributed by atoms with van der Waals surface area (Å²) in [5, 5.41) is 6.85. The number of pyridine rings is 6. The monoisotopic (exact) mass is 990 g/mol. The van der Waals surface area contributed by atoms with Crippen LogP contribution in [0.2, 0.25) is 0 Å². The van der Waals surface area contributed by atoms with E-state index in [-0.39, 0.29) is 0 Å². The molecule has 0 saturated carbocycles. The number of fused-ring (bicyclic) bond motifs is 9. The van der Waals surface area contributed by atoms with E-state index < -0.39 is 0 Å². The van der Waals surface area contributed by atoms with Crippen molar-refractivity contribution in [2.75, 3.05) is 0 Å². The Morgan fingerprint density at radius 3 is 0.844 bits per heavy atom. The Kier molecular flexibility index (Phi) is 13.0. The molecule has 368 valence electrons. The van der Waals surface area contributed by atoms with Gasteiger partial charge in [0.25, 0.3) is 0 Å². The molecule has 0 unspecified atom stereocenters. The predicted molar refractivity (Wildman–Crippen MR) is 322 cm³/mol. The lowest BCUT2D eigenvalue weighted by molar-refractivity contribution is 1.35. The van der Waals surface area contributed by atoms with Crippen molar-refractivity contribution in [2.45, 2.75) is 34.6 Å². The maximum atomic E-state index is 4.71. The van der Waals surface area contributed by atoms with Crippen LogP contribution < -0.4 is 0 Å². The molecule has 14 rings (SSSR count). The highest BCUT2D eigenvalue weighted by Gasteiger charge is 2.15. The van der Waals surface area contributed by atoms with Crippen LogP contribution in [0.15, 0.2) is 237 Å². The molecule has 6 aromatic heterocycles. The highest BCUT2D eigenvalue weighted by Crippen LogP contribution is 2.38. The van der Waals surface area contributed by atoms with Gasteiger partial charge < -0.3 is 0 Å². The molecule has 6 nitrogen and oxygen atoms in total. The molecule has 77 heavy (non-hydrogen) atoms. The topological polar surface area (TPSA) is 77.3 Å². The standard InChI is InChI=1S/2C26H20N2.C19H14N2/c1-17-3-7-19(8-4-17)21-13-15-27-25-23(21)11-12-24-22(14-16-28-26(24)25)20-9-5-18(2)6-10-20;1-17-5-3-7-19(15-17)21-11-13-27-25-23(21)9-10-24-22(12-14-28-26(24)25)20-8-4-6-18(2)16-20;1-13-9-11-20-18-15(13)7-8-17-16(10-12-21-19(17)18)14-5-3-2-4-6-14/h2*3-16H,1-2H3;2-12H,1H3. The van der Waals surface area contributed by atoms with Crippen molar-refractivity contribution >= 4 is 65.4 Å². The van der Waals surface area contributed by atoms with E-state index >= 15 is 0 Å². The van der Waals surface area contributed by atoms with Gasteiger partial charge in [-0.05, 0) is 132 Å². The highest BCUT2D eigenvalue weighted by molar-refractivity contribution is 6.13. The molecule has 0 saturated heterocycles. The van der Waals surface area contributed by atoms with E-state index in [1.165, 1.54) is 88.8 Å². The number of rotatable bonds is 5. The number of hydrogen-bond donors (Lipinski definition) is 0. The van der Waals surface area contributed by atoms with Crippen LogP contribution in [-0.4, -0.2) is 29.9 Å². The number of hydrogen-bond acceptors (Lipinski definition) is 6. The summed E-state index contributed by atoms with van der Waals surface area (Å²) in [7, 11) is 0. The summed E-state index contributed by atoms with van der Waals surface area (Å²) in [6.07, 6.45) is 11.3. The molecule has 6 heteroatoms. The number of nitrogens with zero attached hydrogens (tertiary/aromatic N) is 6. The second kappa shape index (κ2) is 20.9. The largest absolute Gasteiger partial charge is 0.254 e. The number of benzene rings is 8. The fourth-order valence-corrected chi connectivity index (χ4v) is 10.6. The maximum Gasteiger partial charge on any atom is 0.0970 e. The van der Waals surface area contributed by atoms with E-state index in [9.17, 15) is 0 Å². The molecular weight excluding hydrogens is 937 g/mol. The van der Waals surface area contributed by atoms with Crippen molar-refractivity contribution in [3.05, 3.63) is 265 Å². The fraction of sp³-hybridized carbons (Fsp3) is 0.0704. The Hall–Kier alpha value is -9.78. The summed E-state index contributed by atoms with van der Waals surface area (Å²) in [5.41, 5.74) is 24.0. The fourth-order valence-electron chi connectivity index (χ4n) is 10.6. The molecular formula is C71H54N6. The third-order valence-corrected chi connectivity index (χ3v) is 14.5. The lowest BCUT2D eigenvalue weighted by Gasteiger charge is -2.11. The lowest BCUT2D eigenvalue weighted by Crippen LogP contribution is -1.91. The molecule has 0 aliphatic carbocycles. The minimum absolute atomic E-state index is 0.949. The molecule has 0 radical (unpaired) electrons. The Morgan fingerprint density at radius 2 is 0.494 bits per heavy atom. The SMILES string of the molecule is Cc1ccc(-c2ccnc3c2ccc2c(-c4ccc(C)cc4)ccnc23)cc1.Cc1cccc(-c2ccnc3c2ccc2c(-c4cccc(C)c4)ccnc23)c1.Cc1ccnc2c1ccc1c(-c3ccccc3)ccnc12. The molecule has 8 aromatic carbocycles. The van der Waals surface area contributed by atoms with E-state index in [1.807, 2.05) is 49.3 Å². The number of aromatic nitrogens is 6. The first-order valence-electron chi connectivity index (χ1n) is 26.1. The zero-order valence-electron chi connectivity index (χ0n) is 43.7. The third kappa shape index (κ3) is 9.54. The van der Waals surface area contributed by atoms with Crippen LogP contribution >= 0.6 is 0 Å². The average Bonchev–Trinajstić information content (AvgIpc) is 3.49. The first kappa shape index (κ1) is 48.2. The maximum absolute atomic E-state index is 4.71. The van der Waals surface area contributed by atoms with Gasteiger partial charge in [0.2, 0.25) is 0 Å². The molecule has 6 heterocycles. The minimum Gasteiger partial charge on any atom is -0.254 e. The van der Waals surface area contributed by atoms with Crippen LogP contribution in [0.5, 0.6) is 0 Å². The summed E-state index contributed by atoms with van der Waals surface area (Å²) in [6.45, 7) is 10.6. The van der Waals surface area contributed by atoms with Crippen molar-refractivity contribution in [3.63, 3.8) is 0 Å².